The molecule has 0 amide bonds. The molecule has 14 aromatic carbocycles. The number of furan rings is 2. The maximum Gasteiger partial charge on any atom is 0.159 e. The summed E-state index contributed by atoms with van der Waals surface area (Å²) in [7, 11) is 0. The molecule has 6 aromatic heterocycles. The van der Waals surface area contributed by atoms with E-state index in [4.69, 9.17) is 8.83 Å². The van der Waals surface area contributed by atoms with Gasteiger partial charge in [0.15, 0.2) is 11.2 Å². The number of hydrogen-bond donors (Lipinski definition) is 0. The van der Waals surface area contributed by atoms with Crippen LogP contribution in [0.4, 0.5) is 34.1 Å². The molecule has 0 unspecified atom stereocenters. The average molecular weight is 1270 g/mol. The molecule has 6 nitrogen and oxygen atoms in total. The second kappa shape index (κ2) is 21.8. The molecule has 20 aromatic rings. The molecule has 20 rings (SSSR count). The van der Waals surface area contributed by atoms with Crippen molar-refractivity contribution in [3.05, 3.63) is 326 Å². The summed E-state index contributed by atoms with van der Waals surface area (Å²) in [5.74, 6) is 0.737. The lowest BCUT2D eigenvalue weighted by atomic mass is 9.89. The monoisotopic (exact) mass is 1270 g/mol. The third-order valence-electron chi connectivity index (χ3n) is 20.9. The van der Waals surface area contributed by atoms with E-state index in [2.05, 4.69) is 349 Å². The van der Waals surface area contributed by atoms with Crippen LogP contribution in [0, 0.1) is 13.8 Å². The number of nitrogens with zero attached hydrogens (tertiary/aromatic N) is 4. The molecule has 6 heterocycles. The Hall–Kier alpha value is -12.9. The van der Waals surface area contributed by atoms with Gasteiger partial charge in [-0.25, -0.2) is 0 Å². The molecule has 0 fully saturated rings. The summed E-state index contributed by atoms with van der Waals surface area (Å²) >= 11 is 0. The summed E-state index contributed by atoms with van der Waals surface area (Å²) in [5.41, 5.74) is 27.9. The van der Waals surface area contributed by atoms with Crippen molar-refractivity contribution < 1.29 is 8.83 Å². The standard InChI is InChI=1S/C93H62N4O2/c1-5-29-64-66-54-52-56(3)86(92(66)98-78(64)6-2)94(72-45-22-19-38-62(72)58-30-11-7-12-31-58)74-47-27-49-76-82(74)68-41-25-43-70-84-81(61-36-17-10-18-37-61)91-85(80(60-34-15-9-16-35-60)90(84)96(76)88(68)70)71-44-26-42-69-83-75(48-28-50-77(83)97(91)89(69)71)95(73-46-23-20-39-63(73)59-32-13-8-14-33-59)87-57(4)53-55-67-65-40-21-24-51-79(65)99-93(67)87/h5-55H,2H2,1,3-4H3/b29-5-. The number of anilines is 6. The second-order valence-electron chi connectivity index (χ2n) is 26.2. The molecule has 99 heavy (non-hydrogen) atoms. The molecule has 0 radical (unpaired) electrons. The lowest BCUT2D eigenvalue weighted by Gasteiger charge is -2.30. The number of para-hydroxylation sites is 5. The molecule has 0 aliphatic carbocycles. The highest BCUT2D eigenvalue weighted by Gasteiger charge is 2.35. The van der Waals surface area contributed by atoms with E-state index in [0.717, 1.165) is 156 Å². The van der Waals surface area contributed by atoms with E-state index in [1.54, 1.807) is 0 Å². The van der Waals surface area contributed by atoms with Gasteiger partial charge in [0, 0.05) is 87.1 Å². The van der Waals surface area contributed by atoms with Gasteiger partial charge in [-0.15, -0.1) is 0 Å². The maximum absolute atomic E-state index is 7.10. The minimum Gasteiger partial charge on any atom is -0.454 e. The van der Waals surface area contributed by atoms with Crippen molar-refractivity contribution in [1.82, 2.24) is 8.80 Å². The third-order valence-corrected chi connectivity index (χ3v) is 20.9. The highest BCUT2D eigenvalue weighted by atomic mass is 16.3. The van der Waals surface area contributed by atoms with Gasteiger partial charge in [-0.2, -0.15) is 0 Å². The van der Waals surface area contributed by atoms with E-state index < -0.39 is 0 Å². The fourth-order valence-electron chi connectivity index (χ4n) is 16.9. The van der Waals surface area contributed by atoms with Gasteiger partial charge in [0.1, 0.15) is 11.3 Å². The highest BCUT2D eigenvalue weighted by Crippen LogP contribution is 2.58. The van der Waals surface area contributed by atoms with E-state index in [1.165, 1.54) is 54.6 Å². The number of fused-ring (bicyclic) bond motifs is 16. The van der Waals surface area contributed by atoms with Gasteiger partial charge in [-0.1, -0.05) is 267 Å². The molecule has 0 saturated heterocycles. The highest BCUT2D eigenvalue weighted by molar-refractivity contribution is 6.39. The fourth-order valence-corrected chi connectivity index (χ4v) is 16.9. The fraction of sp³-hybridized carbons (Fsp3) is 0.0323. The number of allylic oxidation sites excluding steroid dienone is 1. The molecule has 0 spiro atoms. The Labute approximate surface area is 571 Å². The quantitative estimate of drug-likeness (QED) is 0.122. The Bertz CT molecular complexity index is 6710. The van der Waals surface area contributed by atoms with Crippen LogP contribution in [-0.4, -0.2) is 8.80 Å². The van der Waals surface area contributed by atoms with Crippen LogP contribution in [0.15, 0.2) is 313 Å². The third kappa shape index (κ3) is 8.00. The normalized spacial score (nSPS) is 12.2. The van der Waals surface area contributed by atoms with Crippen molar-refractivity contribution in [2.24, 2.45) is 0 Å². The van der Waals surface area contributed by atoms with Gasteiger partial charge in [0.25, 0.3) is 0 Å². The minimum absolute atomic E-state index is 0.737. The number of aromatic nitrogens is 2. The van der Waals surface area contributed by atoms with Crippen LogP contribution in [0.25, 0.3) is 166 Å². The molecule has 0 atom stereocenters. The van der Waals surface area contributed by atoms with E-state index >= 15 is 0 Å². The molecule has 0 N–H and O–H groups in total. The first-order chi connectivity index (χ1) is 49.0. The van der Waals surface area contributed by atoms with E-state index in [1.807, 2.05) is 6.08 Å². The lowest BCUT2D eigenvalue weighted by Crippen LogP contribution is -2.13. The zero-order valence-electron chi connectivity index (χ0n) is 54.8. The molecule has 6 heteroatoms. The number of hydrogen-bond acceptors (Lipinski definition) is 4. The van der Waals surface area contributed by atoms with Crippen LogP contribution in [0.5, 0.6) is 0 Å². The number of benzene rings is 14. The Kier molecular flexibility index (Phi) is 12.4. The Morgan fingerprint density at radius 3 is 1.21 bits per heavy atom. The second-order valence-corrected chi connectivity index (χ2v) is 26.2. The van der Waals surface area contributed by atoms with Crippen LogP contribution in [0.3, 0.4) is 0 Å². The van der Waals surface area contributed by atoms with Gasteiger partial charge in [-0.05, 0) is 103 Å². The van der Waals surface area contributed by atoms with E-state index in [-0.39, 0.29) is 0 Å². The number of rotatable bonds is 12. The maximum atomic E-state index is 7.10. The van der Waals surface area contributed by atoms with Gasteiger partial charge in [-0.3, -0.25) is 0 Å². The summed E-state index contributed by atoms with van der Waals surface area (Å²) in [5, 5.41) is 12.6. The summed E-state index contributed by atoms with van der Waals surface area (Å²) in [6, 6.07) is 107. The van der Waals surface area contributed by atoms with Crippen LogP contribution in [-0.2, 0) is 0 Å². The van der Waals surface area contributed by atoms with Gasteiger partial charge < -0.3 is 27.4 Å². The average Bonchev–Trinajstić information content (AvgIpc) is 1.50. The molecule has 466 valence electrons. The molecule has 0 bridgehead atoms. The largest absolute Gasteiger partial charge is 0.454 e. The molecule has 0 aliphatic heterocycles. The van der Waals surface area contributed by atoms with Crippen molar-refractivity contribution in [1.29, 1.82) is 0 Å². The molecular formula is C93H62N4O2. The Balaban J connectivity index is 0.939. The minimum atomic E-state index is 0.737. The van der Waals surface area contributed by atoms with Crippen LogP contribution in [0.1, 0.15) is 29.4 Å². The summed E-state index contributed by atoms with van der Waals surface area (Å²) < 4.78 is 19.4. The SMILES string of the molecule is C=Cc1oc2c(N(c3ccccc3-c3ccccc3)c3cccc4c3c3cccc5c6c(-c7ccccc7)c7c(c(-c8ccccc8)c6n4c35)c3cccc4c5c(N(c6ccccc6-c6ccccc6)c6c(C)ccc8c6oc6ccccc68)cccc5n7c43)c(C)ccc2c1/C=C\C. The smallest absolute Gasteiger partial charge is 0.159 e. The zero-order chi connectivity index (χ0) is 65.7. The van der Waals surface area contributed by atoms with E-state index in [0.29, 0.717) is 0 Å². The summed E-state index contributed by atoms with van der Waals surface area (Å²) in [6.07, 6.45) is 6.05. The lowest BCUT2D eigenvalue weighted by molar-refractivity contribution is 0.603. The van der Waals surface area contributed by atoms with Crippen LogP contribution in [0.2, 0.25) is 0 Å². The van der Waals surface area contributed by atoms with Gasteiger partial charge in [0.2, 0.25) is 0 Å². The van der Waals surface area contributed by atoms with Crippen molar-refractivity contribution in [2.75, 3.05) is 9.80 Å². The van der Waals surface area contributed by atoms with E-state index in [9.17, 15) is 0 Å². The van der Waals surface area contributed by atoms with Crippen LogP contribution >= 0.6 is 0 Å². The topological polar surface area (TPSA) is 41.6 Å². The first kappa shape index (κ1) is 56.4. The van der Waals surface area contributed by atoms with Gasteiger partial charge >= 0.3 is 0 Å². The molecular weight excluding hydrogens is 1210 g/mol. The van der Waals surface area contributed by atoms with Crippen LogP contribution < -0.4 is 9.80 Å². The van der Waals surface area contributed by atoms with Crippen molar-refractivity contribution in [3.8, 4) is 44.5 Å². The van der Waals surface area contributed by atoms with Crippen molar-refractivity contribution in [2.45, 2.75) is 20.8 Å². The summed E-state index contributed by atoms with van der Waals surface area (Å²) in [6.45, 7) is 10.8. The first-order valence-electron chi connectivity index (χ1n) is 34.1. The predicted octanol–water partition coefficient (Wildman–Crippen LogP) is 26.5. The first-order valence-corrected chi connectivity index (χ1v) is 34.1. The number of aryl methyl sites for hydroxylation is 2. The van der Waals surface area contributed by atoms with Crippen molar-refractivity contribution in [3.63, 3.8) is 0 Å². The summed E-state index contributed by atoms with van der Waals surface area (Å²) in [4.78, 5) is 4.99. The van der Waals surface area contributed by atoms with Gasteiger partial charge in [0.05, 0.1) is 67.2 Å². The Morgan fingerprint density at radius 1 is 0.333 bits per heavy atom. The molecule has 0 saturated carbocycles. The Morgan fingerprint density at radius 2 is 0.727 bits per heavy atom. The van der Waals surface area contributed by atoms with Crippen molar-refractivity contribution >= 4 is 155 Å². The zero-order valence-corrected chi connectivity index (χ0v) is 54.8. The predicted molar refractivity (Wildman–Crippen MR) is 418 cm³/mol. The molecule has 0 aliphatic rings.